The van der Waals surface area contributed by atoms with Crippen molar-refractivity contribution in [1.82, 2.24) is 19.5 Å². The van der Waals surface area contributed by atoms with Crippen molar-refractivity contribution in [2.75, 3.05) is 40.3 Å². The van der Waals surface area contributed by atoms with E-state index in [2.05, 4.69) is 20.2 Å². The molecule has 210 valence electrons. The molecule has 9 nitrogen and oxygen atoms in total. The Bertz CT molecular complexity index is 1300. The van der Waals surface area contributed by atoms with Crippen LogP contribution in [-0.4, -0.2) is 74.7 Å². The number of rotatable bonds is 10. The maximum atomic E-state index is 13.6. The Labute approximate surface area is 231 Å². The number of carbonyl (C=O) groups excluding carboxylic acids is 1. The molecule has 39 heavy (non-hydrogen) atoms. The third-order valence-corrected chi connectivity index (χ3v) is 10.1. The predicted octanol–water partition coefficient (Wildman–Crippen LogP) is 3.87. The van der Waals surface area contributed by atoms with Crippen LogP contribution in [0.15, 0.2) is 46.3 Å². The molecule has 3 heterocycles. The van der Waals surface area contributed by atoms with Gasteiger partial charge in [0.15, 0.2) is 0 Å². The average molecular weight is 554 g/mol. The van der Waals surface area contributed by atoms with Crippen molar-refractivity contribution in [2.45, 2.75) is 62.2 Å². The first-order chi connectivity index (χ1) is 18.8. The number of aromatic nitrogens is 1. The number of carbonyl (C=O) groups is 1. The lowest BCUT2D eigenvalue weighted by Crippen LogP contribution is -2.36. The van der Waals surface area contributed by atoms with Crippen LogP contribution in [0.1, 0.15) is 62.1 Å². The van der Waals surface area contributed by atoms with Gasteiger partial charge in [-0.25, -0.2) is 18.4 Å². The van der Waals surface area contributed by atoms with E-state index in [1.165, 1.54) is 30.0 Å². The molecular weight excluding hydrogens is 514 g/mol. The highest BCUT2D eigenvalue weighted by Gasteiger charge is 2.30. The fraction of sp³-hybridized carbons (Fsp3) is 0.552. The average Bonchev–Trinajstić information content (AvgIpc) is 3.72. The number of nitrogens with one attached hydrogen (secondary N) is 1. The molecule has 0 bridgehead atoms. The smallest absolute Gasteiger partial charge is 0.242 e. The largest absolute Gasteiger partial charge is 0.481 e. The molecule has 3 aliphatic rings. The molecular formula is C29H39N5O4S. The van der Waals surface area contributed by atoms with E-state index in [4.69, 9.17) is 4.74 Å². The number of pyridine rings is 1. The summed E-state index contributed by atoms with van der Waals surface area (Å²) in [7, 11) is -0.388. The quantitative estimate of drug-likeness (QED) is 0.479. The zero-order valence-corrected chi connectivity index (χ0v) is 23.8. The van der Waals surface area contributed by atoms with E-state index in [1.807, 2.05) is 6.07 Å². The Hall–Kier alpha value is -2.82. The van der Waals surface area contributed by atoms with E-state index in [-0.39, 0.29) is 16.7 Å². The van der Waals surface area contributed by atoms with Crippen molar-refractivity contribution in [1.29, 1.82) is 0 Å². The van der Waals surface area contributed by atoms with Crippen LogP contribution in [0.3, 0.4) is 0 Å². The Morgan fingerprint density at radius 3 is 2.51 bits per heavy atom. The van der Waals surface area contributed by atoms with Gasteiger partial charge in [-0.2, -0.15) is 4.31 Å². The Kier molecular flexibility index (Phi) is 8.64. The van der Waals surface area contributed by atoms with E-state index >= 15 is 0 Å². The lowest BCUT2D eigenvalue weighted by Gasteiger charge is -2.23. The lowest BCUT2D eigenvalue weighted by atomic mass is 9.87. The summed E-state index contributed by atoms with van der Waals surface area (Å²) >= 11 is 0. The molecule has 1 saturated carbocycles. The number of ether oxygens (including phenoxy) is 1. The van der Waals surface area contributed by atoms with Gasteiger partial charge in [-0.15, -0.1) is 0 Å². The van der Waals surface area contributed by atoms with Crippen molar-refractivity contribution < 1.29 is 17.9 Å². The molecule has 2 fully saturated rings. The van der Waals surface area contributed by atoms with Crippen LogP contribution in [0, 0.1) is 5.92 Å². The molecule has 0 radical (unpaired) electrons. The van der Waals surface area contributed by atoms with Gasteiger partial charge in [0.1, 0.15) is 5.84 Å². The third kappa shape index (κ3) is 6.50. The van der Waals surface area contributed by atoms with Gasteiger partial charge < -0.3 is 15.0 Å². The second kappa shape index (κ2) is 12.1. The predicted molar refractivity (Wildman–Crippen MR) is 151 cm³/mol. The molecule has 2 aromatic rings. The molecule has 10 heteroatoms. The first-order valence-electron chi connectivity index (χ1n) is 14.0. The molecule has 1 saturated heterocycles. The Morgan fingerprint density at radius 2 is 1.82 bits per heavy atom. The number of nitrogens with zero attached hydrogens (tertiary/aromatic N) is 4. The zero-order chi connectivity index (χ0) is 27.4. The summed E-state index contributed by atoms with van der Waals surface area (Å²) in [5, 5.41) is 3.04. The SMILES string of the molecule is COc1ccc2c(n1)CC(NC(=O)C(CC1CCCC1)c1ccc(S(=O)(=O)N(C)CCN3CCCC3)cc1)=N2. The summed E-state index contributed by atoms with van der Waals surface area (Å²) in [5.74, 6) is 1.08. The standard InChI is InChI=1S/C29H39N5O4S/c1-33(17-18-34-15-5-6-16-34)39(36,37)23-11-9-22(10-12-23)24(19-21-7-3-4-8-21)29(35)32-27-20-26-25(30-27)13-14-28(31-26)38-2/h9-14,21,24H,3-8,15-20H2,1-2H3,(H,30,32,35). The molecule has 0 spiro atoms. The highest BCUT2D eigenvalue weighted by atomic mass is 32.2. The van der Waals surface area contributed by atoms with Gasteiger partial charge in [0.05, 0.1) is 35.7 Å². The summed E-state index contributed by atoms with van der Waals surface area (Å²) in [6.45, 7) is 3.28. The number of aliphatic imine (C=N–C) groups is 1. The highest BCUT2D eigenvalue weighted by Crippen LogP contribution is 2.35. The molecule has 1 unspecified atom stereocenters. The van der Waals surface area contributed by atoms with Crippen LogP contribution in [0.5, 0.6) is 5.88 Å². The van der Waals surface area contributed by atoms with Gasteiger partial charge in [0.25, 0.3) is 0 Å². The molecule has 1 amide bonds. The number of hydrogen-bond acceptors (Lipinski definition) is 7. The van der Waals surface area contributed by atoms with Crippen LogP contribution < -0.4 is 10.1 Å². The number of benzene rings is 1. The fourth-order valence-corrected chi connectivity index (χ4v) is 7.06. The number of amides is 1. The van der Waals surface area contributed by atoms with Gasteiger partial charge in [0, 0.05) is 26.2 Å². The number of likely N-dealkylation sites (tertiary alicyclic amines) is 1. The summed E-state index contributed by atoms with van der Waals surface area (Å²) in [5.41, 5.74) is 2.34. The molecule has 1 N–H and O–H groups in total. The maximum Gasteiger partial charge on any atom is 0.242 e. The van der Waals surface area contributed by atoms with Crippen molar-refractivity contribution in [2.24, 2.45) is 10.9 Å². The first kappa shape index (κ1) is 27.7. The van der Waals surface area contributed by atoms with Crippen LogP contribution in [0.4, 0.5) is 5.69 Å². The molecule has 1 aromatic heterocycles. The van der Waals surface area contributed by atoms with Gasteiger partial charge in [0.2, 0.25) is 21.8 Å². The number of sulfonamides is 1. The third-order valence-electron chi connectivity index (χ3n) is 8.27. The van der Waals surface area contributed by atoms with Crippen molar-refractivity contribution in [3.63, 3.8) is 0 Å². The molecule has 1 atom stereocenters. The maximum absolute atomic E-state index is 13.6. The molecule has 1 aromatic carbocycles. The van der Waals surface area contributed by atoms with E-state index in [9.17, 15) is 13.2 Å². The molecule has 1 aliphatic carbocycles. The summed E-state index contributed by atoms with van der Waals surface area (Å²) < 4.78 is 33.1. The number of likely N-dealkylation sites (N-methyl/N-ethyl adjacent to an activating group) is 1. The van der Waals surface area contributed by atoms with Crippen LogP contribution in [0.25, 0.3) is 0 Å². The van der Waals surface area contributed by atoms with Crippen molar-refractivity contribution >= 4 is 27.5 Å². The van der Waals surface area contributed by atoms with Gasteiger partial charge in [-0.1, -0.05) is 37.8 Å². The van der Waals surface area contributed by atoms with E-state index in [1.54, 1.807) is 44.5 Å². The number of methoxy groups -OCH3 is 1. The van der Waals surface area contributed by atoms with Crippen LogP contribution in [0.2, 0.25) is 0 Å². The second-order valence-corrected chi connectivity index (χ2v) is 13.0. The summed E-state index contributed by atoms with van der Waals surface area (Å²) in [6, 6.07) is 10.5. The Balaban J connectivity index is 1.28. The minimum atomic E-state index is -3.60. The van der Waals surface area contributed by atoms with Gasteiger partial charge in [-0.05, 0) is 62.0 Å². The lowest BCUT2D eigenvalue weighted by molar-refractivity contribution is -0.121. The highest BCUT2D eigenvalue weighted by molar-refractivity contribution is 7.89. The molecule has 5 rings (SSSR count). The normalized spacial score (nSPS) is 18.8. The van der Waals surface area contributed by atoms with Gasteiger partial charge in [-0.3, -0.25) is 4.79 Å². The first-order valence-corrected chi connectivity index (χ1v) is 15.5. The number of amidine groups is 1. The summed E-state index contributed by atoms with van der Waals surface area (Å²) in [4.78, 5) is 25.2. The minimum Gasteiger partial charge on any atom is -0.481 e. The van der Waals surface area contributed by atoms with Gasteiger partial charge >= 0.3 is 0 Å². The fourth-order valence-electron chi connectivity index (χ4n) is 5.90. The monoisotopic (exact) mass is 553 g/mol. The van der Waals surface area contributed by atoms with Crippen LogP contribution >= 0.6 is 0 Å². The topological polar surface area (TPSA) is 104 Å². The second-order valence-electron chi connectivity index (χ2n) is 10.9. The van der Waals surface area contributed by atoms with Crippen molar-refractivity contribution in [3.05, 3.63) is 47.7 Å². The van der Waals surface area contributed by atoms with E-state index in [0.29, 0.717) is 30.6 Å². The van der Waals surface area contributed by atoms with Crippen LogP contribution in [-0.2, 0) is 21.2 Å². The van der Waals surface area contributed by atoms with Crippen molar-refractivity contribution in [3.8, 4) is 5.88 Å². The van der Waals surface area contributed by atoms with E-state index < -0.39 is 10.0 Å². The minimum absolute atomic E-state index is 0.112. The zero-order valence-electron chi connectivity index (χ0n) is 22.9. The number of hydrogen-bond donors (Lipinski definition) is 1. The summed E-state index contributed by atoms with van der Waals surface area (Å²) in [6.07, 6.45) is 8.15. The Morgan fingerprint density at radius 1 is 1.10 bits per heavy atom. The molecule has 2 aliphatic heterocycles. The number of fused-ring (bicyclic) bond motifs is 1. The van der Waals surface area contributed by atoms with E-state index in [0.717, 1.165) is 55.8 Å².